The van der Waals surface area contributed by atoms with E-state index in [0.29, 0.717) is 5.92 Å². The zero-order valence-corrected chi connectivity index (χ0v) is 13.2. The number of hydrogen-bond donors (Lipinski definition) is 0. The van der Waals surface area contributed by atoms with Gasteiger partial charge in [0.15, 0.2) is 0 Å². The van der Waals surface area contributed by atoms with E-state index in [0.717, 1.165) is 19.3 Å². The van der Waals surface area contributed by atoms with Crippen molar-refractivity contribution in [1.82, 2.24) is 0 Å². The molecule has 0 aliphatic heterocycles. The van der Waals surface area contributed by atoms with Crippen LogP contribution >= 0.6 is 0 Å². The maximum Gasteiger partial charge on any atom is 0.235 e. The van der Waals surface area contributed by atoms with Crippen LogP contribution in [0, 0.1) is 5.92 Å². The van der Waals surface area contributed by atoms with Crippen LogP contribution in [0.5, 0.6) is 0 Å². The van der Waals surface area contributed by atoms with Gasteiger partial charge in [-0.15, -0.1) is 13.2 Å². The van der Waals surface area contributed by atoms with Crippen LogP contribution in [0.3, 0.4) is 0 Å². The van der Waals surface area contributed by atoms with Gasteiger partial charge in [-0.2, -0.15) is 0 Å². The first-order valence-electron chi connectivity index (χ1n) is 8.07. The van der Waals surface area contributed by atoms with Crippen LogP contribution in [0.1, 0.15) is 71.1 Å². The van der Waals surface area contributed by atoms with Gasteiger partial charge in [-0.3, -0.25) is 0 Å². The Hall–Kier alpha value is -1.14. The highest BCUT2D eigenvalue weighted by molar-refractivity contribution is 5.33. The molecule has 114 valence electrons. The van der Waals surface area contributed by atoms with Gasteiger partial charge in [-0.05, 0) is 25.2 Å². The first-order chi connectivity index (χ1) is 9.78. The minimum absolute atomic E-state index is 0.0510. The SMILES string of the molecule is C=CCC(CCCCCCCC)CC(CC=C)N=C=O. The van der Waals surface area contributed by atoms with E-state index in [-0.39, 0.29) is 6.04 Å². The van der Waals surface area contributed by atoms with Crippen molar-refractivity contribution in [3.63, 3.8) is 0 Å². The van der Waals surface area contributed by atoms with Crippen LogP contribution in [0.2, 0.25) is 0 Å². The molecule has 0 rings (SSSR count). The Morgan fingerprint density at radius 2 is 1.70 bits per heavy atom. The van der Waals surface area contributed by atoms with Crippen LogP contribution < -0.4 is 0 Å². The Morgan fingerprint density at radius 1 is 1.05 bits per heavy atom. The summed E-state index contributed by atoms with van der Waals surface area (Å²) in [5.41, 5.74) is 0. The van der Waals surface area contributed by atoms with Crippen molar-refractivity contribution in [2.45, 2.75) is 77.2 Å². The third-order valence-electron chi connectivity index (χ3n) is 3.75. The van der Waals surface area contributed by atoms with Gasteiger partial charge < -0.3 is 0 Å². The Kier molecular flexibility index (Phi) is 13.5. The van der Waals surface area contributed by atoms with E-state index in [1.807, 2.05) is 12.2 Å². The second kappa shape index (κ2) is 14.3. The zero-order valence-electron chi connectivity index (χ0n) is 13.2. The van der Waals surface area contributed by atoms with E-state index in [9.17, 15) is 4.79 Å². The van der Waals surface area contributed by atoms with Crippen LogP contribution in [0.25, 0.3) is 0 Å². The molecule has 0 saturated heterocycles. The summed E-state index contributed by atoms with van der Waals surface area (Å²) in [6.07, 6.45) is 17.4. The summed E-state index contributed by atoms with van der Waals surface area (Å²) in [7, 11) is 0. The minimum atomic E-state index is 0.0510. The number of carbonyl (C=O) groups excluding carboxylic acids is 1. The van der Waals surface area contributed by atoms with E-state index in [4.69, 9.17) is 0 Å². The Bertz CT molecular complexity index is 292. The molecule has 2 unspecified atom stereocenters. The lowest BCUT2D eigenvalue weighted by atomic mass is 9.90. The topological polar surface area (TPSA) is 29.4 Å². The molecule has 0 heterocycles. The molecule has 0 amide bonds. The first kappa shape index (κ1) is 18.9. The molecule has 0 aliphatic rings. The lowest BCUT2D eigenvalue weighted by molar-refractivity contribution is 0.392. The standard InChI is InChI=1S/C18H31NO/c1-4-7-8-9-10-11-14-17(12-5-2)15-18(13-6-3)19-16-20/h5-6,17-18H,2-4,7-15H2,1H3. The monoisotopic (exact) mass is 277 g/mol. The molecule has 0 fully saturated rings. The maximum atomic E-state index is 10.4. The molecule has 2 nitrogen and oxygen atoms in total. The fourth-order valence-corrected chi connectivity index (χ4v) is 2.63. The molecule has 20 heavy (non-hydrogen) atoms. The van der Waals surface area contributed by atoms with E-state index >= 15 is 0 Å². The molecule has 0 saturated carbocycles. The van der Waals surface area contributed by atoms with Crippen LogP contribution in [0.4, 0.5) is 0 Å². The van der Waals surface area contributed by atoms with Crippen molar-refractivity contribution in [2.75, 3.05) is 0 Å². The summed E-state index contributed by atoms with van der Waals surface area (Å²) in [4.78, 5) is 14.3. The number of rotatable bonds is 14. The normalized spacial score (nSPS) is 13.2. The fraction of sp³-hybridized carbons (Fsp3) is 0.722. The molecule has 2 heteroatoms. The molecule has 0 radical (unpaired) electrons. The predicted molar refractivity (Wildman–Crippen MR) is 87.6 cm³/mol. The lowest BCUT2D eigenvalue weighted by Crippen LogP contribution is -2.11. The number of allylic oxidation sites excluding steroid dienone is 1. The van der Waals surface area contributed by atoms with Gasteiger partial charge in [-0.1, -0.05) is 64.0 Å². The van der Waals surface area contributed by atoms with Crippen molar-refractivity contribution < 1.29 is 4.79 Å². The number of aliphatic imine (C=N–C) groups is 1. The van der Waals surface area contributed by atoms with Crippen LogP contribution in [-0.4, -0.2) is 12.1 Å². The third-order valence-corrected chi connectivity index (χ3v) is 3.75. The van der Waals surface area contributed by atoms with Gasteiger partial charge in [-0.25, -0.2) is 9.79 Å². The molecular formula is C18H31NO. The van der Waals surface area contributed by atoms with E-state index in [1.54, 1.807) is 6.08 Å². The summed E-state index contributed by atoms with van der Waals surface area (Å²) in [6, 6.07) is 0.0510. The second-order valence-electron chi connectivity index (χ2n) is 5.58. The molecule has 0 aromatic carbocycles. The van der Waals surface area contributed by atoms with Gasteiger partial charge in [0.1, 0.15) is 0 Å². The quantitative estimate of drug-likeness (QED) is 0.176. The van der Waals surface area contributed by atoms with E-state index < -0.39 is 0 Å². The third kappa shape index (κ3) is 10.8. The van der Waals surface area contributed by atoms with Gasteiger partial charge in [0.25, 0.3) is 0 Å². The highest BCUT2D eigenvalue weighted by Crippen LogP contribution is 2.23. The molecule has 0 spiro atoms. The Balaban J connectivity index is 4.03. The van der Waals surface area contributed by atoms with Crippen molar-refractivity contribution in [3.05, 3.63) is 25.3 Å². The molecular weight excluding hydrogens is 246 g/mol. The number of hydrogen-bond acceptors (Lipinski definition) is 2. The first-order valence-corrected chi connectivity index (χ1v) is 8.07. The Morgan fingerprint density at radius 3 is 2.30 bits per heavy atom. The summed E-state index contributed by atoms with van der Waals surface area (Å²) in [5, 5.41) is 0. The lowest BCUT2D eigenvalue weighted by Gasteiger charge is -2.18. The van der Waals surface area contributed by atoms with Gasteiger partial charge >= 0.3 is 0 Å². The van der Waals surface area contributed by atoms with E-state index in [2.05, 4.69) is 25.1 Å². The smallest absolute Gasteiger partial charge is 0.211 e. The summed E-state index contributed by atoms with van der Waals surface area (Å²) in [6.45, 7) is 9.81. The van der Waals surface area contributed by atoms with Gasteiger partial charge in [0.2, 0.25) is 6.08 Å². The molecule has 0 N–H and O–H groups in total. The van der Waals surface area contributed by atoms with Gasteiger partial charge in [0.05, 0.1) is 6.04 Å². The molecule has 0 aromatic rings. The van der Waals surface area contributed by atoms with Crippen molar-refractivity contribution >= 4 is 6.08 Å². The number of isocyanates is 1. The van der Waals surface area contributed by atoms with Crippen LogP contribution in [-0.2, 0) is 4.79 Å². The summed E-state index contributed by atoms with van der Waals surface area (Å²) >= 11 is 0. The highest BCUT2D eigenvalue weighted by Gasteiger charge is 2.14. The average Bonchev–Trinajstić information content (AvgIpc) is 2.43. The molecule has 0 aromatic heterocycles. The average molecular weight is 277 g/mol. The van der Waals surface area contributed by atoms with Crippen LogP contribution in [0.15, 0.2) is 30.3 Å². The summed E-state index contributed by atoms with van der Waals surface area (Å²) < 4.78 is 0. The minimum Gasteiger partial charge on any atom is -0.211 e. The molecule has 0 bridgehead atoms. The number of nitrogens with zero attached hydrogens (tertiary/aromatic N) is 1. The van der Waals surface area contributed by atoms with E-state index in [1.165, 1.54) is 44.9 Å². The highest BCUT2D eigenvalue weighted by atomic mass is 16.1. The van der Waals surface area contributed by atoms with Crippen molar-refractivity contribution in [1.29, 1.82) is 0 Å². The number of unbranched alkanes of at least 4 members (excludes halogenated alkanes) is 5. The Labute approximate surface area is 125 Å². The van der Waals surface area contributed by atoms with Crippen molar-refractivity contribution in [3.8, 4) is 0 Å². The predicted octanol–water partition coefficient (Wildman–Crippen LogP) is 5.60. The maximum absolute atomic E-state index is 10.4. The summed E-state index contributed by atoms with van der Waals surface area (Å²) in [5.74, 6) is 0.584. The van der Waals surface area contributed by atoms with Crippen molar-refractivity contribution in [2.24, 2.45) is 10.9 Å². The zero-order chi connectivity index (χ0) is 15.1. The second-order valence-corrected chi connectivity index (χ2v) is 5.58. The molecule has 0 aliphatic carbocycles. The largest absolute Gasteiger partial charge is 0.235 e. The fourth-order valence-electron chi connectivity index (χ4n) is 2.63. The molecule has 2 atom stereocenters. The van der Waals surface area contributed by atoms with Gasteiger partial charge in [0, 0.05) is 0 Å².